The molecule has 1 aromatic carbocycles. The van der Waals surface area contributed by atoms with Crippen molar-refractivity contribution in [3.8, 4) is 0 Å². The minimum Gasteiger partial charge on any atom is -0.393 e. The Hall–Kier alpha value is -1.85. The molecular weight excluding hydrogens is 290 g/mol. The predicted octanol–water partition coefficient (Wildman–Crippen LogP) is 1.53. The molecule has 5 nitrogen and oxygen atoms in total. The van der Waals surface area contributed by atoms with E-state index in [0.717, 1.165) is 24.9 Å². The fourth-order valence-corrected chi connectivity index (χ4v) is 3.65. The normalized spacial score (nSPS) is 23.4. The summed E-state index contributed by atoms with van der Waals surface area (Å²) in [7, 11) is 1.86. The standard InChI is InChI=1S/C18H25N3O2/c1-12(22)17-16(19-2)8-10-21(18(17)23)9-7-13-11-20-15-6-4-3-5-14(13)15/h3-6,11-12,16-17,19-20,22H,7-10H2,1-2H3. The van der Waals surface area contributed by atoms with Crippen molar-refractivity contribution in [1.29, 1.82) is 0 Å². The van der Waals surface area contributed by atoms with Crippen LogP contribution in [-0.2, 0) is 11.2 Å². The molecule has 1 saturated heterocycles. The number of para-hydroxylation sites is 1. The number of carbonyl (C=O) groups excluding carboxylic acids is 1. The number of amides is 1. The van der Waals surface area contributed by atoms with Gasteiger partial charge < -0.3 is 20.3 Å². The molecule has 2 aromatic rings. The summed E-state index contributed by atoms with van der Waals surface area (Å²) in [5.74, 6) is -0.290. The van der Waals surface area contributed by atoms with Crippen LogP contribution in [0.25, 0.3) is 10.9 Å². The summed E-state index contributed by atoms with van der Waals surface area (Å²) >= 11 is 0. The first-order chi connectivity index (χ1) is 11.1. The number of likely N-dealkylation sites (tertiary alicyclic amines) is 1. The Labute approximate surface area is 136 Å². The highest BCUT2D eigenvalue weighted by atomic mass is 16.3. The van der Waals surface area contributed by atoms with Gasteiger partial charge in [-0.15, -0.1) is 0 Å². The van der Waals surface area contributed by atoms with Gasteiger partial charge in [0.05, 0.1) is 12.0 Å². The third-order valence-corrected chi connectivity index (χ3v) is 4.96. The van der Waals surface area contributed by atoms with Gasteiger partial charge in [0.25, 0.3) is 0 Å². The lowest BCUT2D eigenvalue weighted by Crippen LogP contribution is -2.55. The van der Waals surface area contributed by atoms with E-state index in [1.165, 1.54) is 10.9 Å². The molecule has 1 fully saturated rings. The van der Waals surface area contributed by atoms with E-state index in [-0.39, 0.29) is 17.9 Å². The second-order valence-electron chi connectivity index (χ2n) is 6.39. The van der Waals surface area contributed by atoms with Crippen molar-refractivity contribution in [2.45, 2.75) is 31.9 Å². The lowest BCUT2D eigenvalue weighted by atomic mass is 9.87. The van der Waals surface area contributed by atoms with Crippen LogP contribution in [0.3, 0.4) is 0 Å². The summed E-state index contributed by atoms with van der Waals surface area (Å²) in [5.41, 5.74) is 2.36. The number of aromatic nitrogens is 1. The van der Waals surface area contributed by atoms with E-state index < -0.39 is 6.10 Å². The second-order valence-corrected chi connectivity index (χ2v) is 6.39. The number of piperidine rings is 1. The molecule has 3 rings (SSSR count). The summed E-state index contributed by atoms with van der Waals surface area (Å²) in [6.45, 7) is 3.15. The Balaban J connectivity index is 1.69. The van der Waals surface area contributed by atoms with Gasteiger partial charge in [-0.25, -0.2) is 0 Å². The first kappa shape index (κ1) is 16.0. The Morgan fingerprint density at radius 1 is 1.43 bits per heavy atom. The van der Waals surface area contributed by atoms with Crippen molar-refractivity contribution in [3.63, 3.8) is 0 Å². The SMILES string of the molecule is CNC1CCN(CCc2c[nH]c3ccccc23)C(=O)C1C(C)O. The number of nitrogens with zero attached hydrogens (tertiary/aromatic N) is 1. The molecule has 1 amide bonds. The van der Waals surface area contributed by atoms with E-state index in [1.807, 2.05) is 30.3 Å². The molecular formula is C18H25N3O2. The van der Waals surface area contributed by atoms with Gasteiger partial charge in [-0.3, -0.25) is 4.79 Å². The highest BCUT2D eigenvalue weighted by Gasteiger charge is 2.38. The Bertz CT molecular complexity index is 680. The number of fused-ring (bicyclic) bond motifs is 1. The number of hydrogen-bond donors (Lipinski definition) is 3. The number of hydrogen-bond acceptors (Lipinski definition) is 3. The average Bonchev–Trinajstić information content (AvgIpc) is 2.96. The van der Waals surface area contributed by atoms with Crippen LogP contribution in [0.5, 0.6) is 0 Å². The lowest BCUT2D eigenvalue weighted by Gasteiger charge is -2.39. The van der Waals surface area contributed by atoms with Crippen molar-refractivity contribution in [2.24, 2.45) is 5.92 Å². The zero-order valence-electron chi connectivity index (χ0n) is 13.7. The number of H-pyrrole nitrogens is 1. The van der Waals surface area contributed by atoms with Gasteiger partial charge >= 0.3 is 0 Å². The zero-order chi connectivity index (χ0) is 16.4. The van der Waals surface area contributed by atoms with E-state index in [4.69, 9.17) is 0 Å². The molecule has 23 heavy (non-hydrogen) atoms. The van der Waals surface area contributed by atoms with Gasteiger partial charge in [-0.2, -0.15) is 0 Å². The van der Waals surface area contributed by atoms with Gasteiger partial charge in [-0.1, -0.05) is 18.2 Å². The molecule has 1 aliphatic heterocycles. The maximum absolute atomic E-state index is 12.7. The quantitative estimate of drug-likeness (QED) is 0.784. The van der Waals surface area contributed by atoms with Crippen molar-refractivity contribution in [2.75, 3.05) is 20.1 Å². The van der Waals surface area contributed by atoms with Crippen molar-refractivity contribution in [1.82, 2.24) is 15.2 Å². The minimum atomic E-state index is -0.629. The number of benzene rings is 1. The highest BCUT2D eigenvalue weighted by molar-refractivity contribution is 5.83. The van der Waals surface area contributed by atoms with Crippen LogP contribution in [0.2, 0.25) is 0 Å². The molecule has 0 saturated carbocycles. The highest BCUT2D eigenvalue weighted by Crippen LogP contribution is 2.23. The Kier molecular flexibility index (Phi) is 4.68. The van der Waals surface area contributed by atoms with E-state index in [2.05, 4.69) is 22.4 Å². The molecule has 2 heterocycles. The van der Waals surface area contributed by atoms with Crippen molar-refractivity contribution >= 4 is 16.8 Å². The van der Waals surface area contributed by atoms with Crippen LogP contribution in [0.4, 0.5) is 0 Å². The molecule has 1 aromatic heterocycles. The number of rotatable bonds is 5. The average molecular weight is 315 g/mol. The largest absolute Gasteiger partial charge is 0.393 e. The third-order valence-electron chi connectivity index (χ3n) is 4.96. The van der Waals surface area contributed by atoms with Crippen molar-refractivity contribution in [3.05, 3.63) is 36.0 Å². The van der Waals surface area contributed by atoms with Crippen LogP contribution in [0.15, 0.2) is 30.5 Å². The van der Waals surface area contributed by atoms with E-state index in [1.54, 1.807) is 6.92 Å². The molecule has 0 spiro atoms. The summed E-state index contributed by atoms with van der Waals surface area (Å²) < 4.78 is 0. The van der Waals surface area contributed by atoms with E-state index in [9.17, 15) is 9.90 Å². The number of nitrogens with one attached hydrogen (secondary N) is 2. The fraction of sp³-hybridized carbons (Fsp3) is 0.500. The van der Waals surface area contributed by atoms with E-state index in [0.29, 0.717) is 6.54 Å². The van der Waals surface area contributed by atoms with Crippen molar-refractivity contribution < 1.29 is 9.90 Å². The molecule has 3 atom stereocenters. The molecule has 3 unspecified atom stereocenters. The zero-order valence-corrected chi connectivity index (χ0v) is 13.7. The lowest BCUT2D eigenvalue weighted by molar-refractivity contribution is -0.144. The smallest absolute Gasteiger partial charge is 0.229 e. The van der Waals surface area contributed by atoms with Gasteiger partial charge in [0.15, 0.2) is 0 Å². The maximum Gasteiger partial charge on any atom is 0.229 e. The summed E-state index contributed by atoms with van der Waals surface area (Å²) in [5, 5.41) is 14.4. The van der Waals surface area contributed by atoms with Gasteiger partial charge in [0.2, 0.25) is 5.91 Å². The molecule has 0 aliphatic carbocycles. The van der Waals surface area contributed by atoms with Gasteiger partial charge in [0.1, 0.15) is 0 Å². The van der Waals surface area contributed by atoms with Crippen LogP contribution in [0.1, 0.15) is 18.9 Å². The van der Waals surface area contributed by atoms with Gasteiger partial charge in [0, 0.05) is 36.2 Å². The third kappa shape index (κ3) is 3.12. The number of aliphatic hydroxyl groups is 1. The number of carbonyl (C=O) groups is 1. The fourth-order valence-electron chi connectivity index (χ4n) is 3.65. The Morgan fingerprint density at radius 3 is 2.96 bits per heavy atom. The second kappa shape index (κ2) is 6.72. The van der Waals surface area contributed by atoms with Crippen LogP contribution < -0.4 is 5.32 Å². The van der Waals surface area contributed by atoms with E-state index >= 15 is 0 Å². The summed E-state index contributed by atoms with van der Waals surface area (Å²) in [4.78, 5) is 17.9. The maximum atomic E-state index is 12.7. The molecule has 0 radical (unpaired) electrons. The summed E-state index contributed by atoms with van der Waals surface area (Å²) in [6.07, 6.45) is 3.11. The minimum absolute atomic E-state index is 0.0606. The number of aliphatic hydroxyl groups excluding tert-OH is 1. The first-order valence-electron chi connectivity index (χ1n) is 8.31. The van der Waals surface area contributed by atoms with Crippen LogP contribution >= 0.6 is 0 Å². The van der Waals surface area contributed by atoms with Gasteiger partial charge in [-0.05, 0) is 38.4 Å². The molecule has 3 N–H and O–H groups in total. The number of aromatic amines is 1. The summed E-state index contributed by atoms with van der Waals surface area (Å²) in [6, 6.07) is 8.28. The molecule has 124 valence electrons. The Morgan fingerprint density at radius 2 is 2.22 bits per heavy atom. The predicted molar refractivity (Wildman–Crippen MR) is 91.2 cm³/mol. The molecule has 0 bridgehead atoms. The first-order valence-corrected chi connectivity index (χ1v) is 8.31. The molecule has 1 aliphatic rings. The monoisotopic (exact) mass is 315 g/mol. The van der Waals surface area contributed by atoms with Crippen LogP contribution in [0, 0.1) is 5.92 Å². The van der Waals surface area contributed by atoms with Crippen LogP contribution in [-0.4, -0.2) is 53.2 Å². The topological polar surface area (TPSA) is 68.4 Å². The molecule has 5 heteroatoms.